The number of alkyl carbamates (subject to hydrolysis) is 1. The van der Waals surface area contributed by atoms with Crippen LogP contribution < -0.4 is 10.6 Å². The number of hydrogen-bond acceptors (Lipinski definition) is 6. The Hall–Kier alpha value is -3.68. The van der Waals surface area contributed by atoms with Gasteiger partial charge < -0.3 is 20.1 Å². The van der Waals surface area contributed by atoms with Gasteiger partial charge in [-0.15, -0.1) is 0 Å². The van der Waals surface area contributed by atoms with E-state index in [1.807, 2.05) is 78.9 Å². The molecular formula is C28H33N3O4. The van der Waals surface area contributed by atoms with Gasteiger partial charge in [-0.25, -0.2) is 9.59 Å². The zero-order valence-electron chi connectivity index (χ0n) is 20.1. The van der Waals surface area contributed by atoms with Crippen LogP contribution in [0.25, 0.3) is 0 Å². The summed E-state index contributed by atoms with van der Waals surface area (Å²) in [5.41, 5.74) is 3.19. The second-order valence-electron chi connectivity index (χ2n) is 8.16. The lowest BCUT2D eigenvalue weighted by molar-refractivity contribution is -0.143. The molecule has 0 saturated carbocycles. The molecule has 7 heteroatoms. The number of hydrogen-bond donors (Lipinski definition) is 2. The van der Waals surface area contributed by atoms with Crippen molar-refractivity contribution in [3.63, 3.8) is 0 Å². The maximum Gasteiger partial charge on any atom is 0.408 e. The molecule has 7 nitrogen and oxygen atoms in total. The second kappa shape index (κ2) is 14.6. The Morgan fingerprint density at radius 3 is 2.00 bits per heavy atom. The third-order valence-electron chi connectivity index (χ3n) is 5.46. The number of rotatable bonds is 13. The number of nitrogens with zero attached hydrogens (tertiary/aromatic N) is 1. The van der Waals surface area contributed by atoms with Crippen LogP contribution in [0.3, 0.4) is 0 Å². The van der Waals surface area contributed by atoms with Crippen LogP contribution in [0.1, 0.15) is 16.7 Å². The van der Waals surface area contributed by atoms with Gasteiger partial charge in [0.25, 0.3) is 0 Å². The summed E-state index contributed by atoms with van der Waals surface area (Å²) in [5.74, 6) is -0.517. The Balaban J connectivity index is 1.58. The molecule has 0 aliphatic carbocycles. The SMILES string of the molecule is COC(=O)C(CN(CCNCc1ccccc1)Cc1ccccc1)NC(=O)OCc1ccccc1. The lowest BCUT2D eigenvalue weighted by Crippen LogP contribution is -2.50. The van der Waals surface area contributed by atoms with Crippen LogP contribution in [0.15, 0.2) is 91.0 Å². The highest BCUT2D eigenvalue weighted by Crippen LogP contribution is 2.07. The summed E-state index contributed by atoms with van der Waals surface area (Å²) in [7, 11) is 1.31. The van der Waals surface area contributed by atoms with Crippen LogP contribution >= 0.6 is 0 Å². The highest BCUT2D eigenvalue weighted by atomic mass is 16.6. The largest absolute Gasteiger partial charge is 0.467 e. The van der Waals surface area contributed by atoms with E-state index < -0.39 is 18.1 Å². The Bertz CT molecular complexity index is 1020. The van der Waals surface area contributed by atoms with E-state index in [0.29, 0.717) is 19.6 Å². The van der Waals surface area contributed by atoms with Gasteiger partial charge >= 0.3 is 12.1 Å². The molecule has 1 atom stereocenters. The Labute approximate surface area is 207 Å². The summed E-state index contributed by atoms with van der Waals surface area (Å²) in [4.78, 5) is 27.0. The molecule has 0 aliphatic heterocycles. The first-order valence-electron chi connectivity index (χ1n) is 11.7. The summed E-state index contributed by atoms with van der Waals surface area (Å²) >= 11 is 0. The molecular weight excluding hydrogens is 442 g/mol. The summed E-state index contributed by atoms with van der Waals surface area (Å²) in [6.45, 7) is 3.18. The summed E-state index contributed by atoms with van der Waals surface area (Å²) < 4.78 is 10.3. The quantitative estimate of drug-likeness (QED) is 0.290. The topological polar surface area (TPSA) is 79.9 Å². The summed E-state index contributed by atoms with van der Waals surface area (Å²) in [5, 5.41) is 6.12. The molecule has 1 amide bonds. The first-order chi connectivity index (χ1) is 17.1. The number of carbonyl (C=O) groups excluding carboxylic acids is 2. The van der Waals surface area contributed by atoms with Crippen molar-refractivity contribution in [3.8, 4) is 0 Å². The van der Waals surface area contributed by atoms with Crippen LogP contribution in [0.2, 0.25) is 0 Å². The number of nitrogens with one attached hydrogen (secondary N) is 2. The fourth-order valence-electron chi connectivity index (χ4n) is 3.63. The maximum absolute atomic E-state index is 12.5. The monoisotopic (exact) mass is 475 g/mol. The van der Waals surface area contributed by atoms with Gasteiger partial charge in [-0.05, 0) is 16.7 Å². The van der Waals surface area contributed by atoms with Gasteiger partial charge in [-0.3, -0.25) is 4.90 Å². The third-order valence-corrected chi connectivity index (χ3v) is 5.46. The molecule has 0 aliphatic rings. The molecule has 184 valence electrons. The number of amides is 1. The van der Waals surface area contributed by atoms with Crippen molar-refractivity contribution in [1.29, 1.82) is 0 Å². The van der Waals surface area contributed by atoms with Gasteiger partial charge in [-0.1, -0.05) is 91.0 Å². The fourth-order valence-corrected chi connectivity index (χ4v) is 3.63. The van der Waals surface area contributed by atoms with E-state index in [0.717, 1.165) is 17.7 Å². The zero-order valence-corrected chi connectivity index (χ0v) is 20.1. The molecule has 0 spiro atoms. The minimum Gasteiger partial charge on any atom is -0.467 e. The van der Waals surface area contributed by atoms with Crippen molar-refractivity contribution in [2.75, 3.05) is 26.7 Å². The number of ether oxygens (including phenoxy) is 2. The number of esters is 1. The number of carbonyl (C=O) groups is 2. The fraction of sp³-hybridized carbons (Fsp3) is 0.286. The average molecular weight is 476 g/mol. The molecule has 3 aromatic rings. The highest BCUT2D eigenvalue weighted by molar-refractivity contribution is 5.81. The van der Waals surface area contributed by atoms with E-state index in [2.05, 4.69) is 27.7 Å². The zero-order chi connectivity index (χ0) is 24.7. The van der Waals surface area contributed by atoms with E-state index >= 15 is 0 Å². The van der Waals surface area contributed by atoms with Crippen LogP contribution in [0, 0.1) is 0 Å². The molecule has 0 radical (unpaired) electrons. The molecule has 3 rings (SSSR count). The van der Waals surface area contributed by atoms with Crippen molar-refractivity contribution < 1.29 is 19.1 Å². The van der Waals surface area contributed by atoms with Gasteiger partial charge in [-0.2, -0.15) is 0 Å². The maximum atomic E-state index is 12.5. The van der Waals surface area contributed by atoms with Crippen molar-refractivity contribution in [2.45, 2.75) is 25.7 Å². The minimum absolute atomic E-state index is 0.123. The van der Waals surface area contributed by atoms with Crippen molar-refractivity contribution in [2.24, 2.45) is 0 Å². The predicted molar refractivity (Wildman–Crippen MR) is 135 cm³/mol. The van der Waals surface area contributed by atoms with E-state index in [1.165, 1.54) is 12.7 Å². The van der Waals surface area contributed by atoms with Gasteiger partial charge in [0.05, 0.1) is 7.11 Å². The first-order valence-corrected chi connectivity index (χ1v) is 11.7. The Morgan fingerprint density at radius 1 is 0.829 bits per heavy atom. The van der Waals surface area contributed by atoms with Crippen LogP contribution in [-0.4, -0.2) is 49.7 Å². The van der Waals surface area contributed by atoms with Crippen LogP contribution in [-0.2, 0) is 34.0 Å². The summed E-state index contributed by atoms with van der Waals surface area (Å²) in [6.07, 6.45) is -0.661. The lowest BCUT2D eigenvalue weighted by atomic mass is 10.2. The Morgan fingerprint density at radius 2 is 1.40 bits per heavy atom. The van der Waals surface area contributed by atoms with E-state index in [1.54, 1.807) is 0 Å². The van der Waals surface area contributed by atoms with Crippen molar-refractivity contribution in [1.82, 2.24) is 15.5 Å². The van der Waals surface area contributed by atoms with Gasteiger partial charge in [0.15, 0.2) is 0 Å². The highest BCUT2D eigenvalue weighted by Gasteiger charge is 2.25. The average Bonchev–Trinajstić information content (AvgIpc) is 2.90. The molecule has 1 unspecified atom stereocenters. The second-order valence-corrected chi connectivity index (χ2v) is 8.16. The smallest absolute Gasteiger partial charge is 0.408 e. The molecule has 0 aromatic heterocycles. The van der Waals surface area contributed by atoms with Crippen molar-refractivity contribution >= 4 is 12.1 Å². The van der Waals surface area contributed by atoms with E-state index in [4.69, 9.17) is 9.47 Å². The molecule has 0 heterocycles. The van der Waals surface area contributed by atoms with Crippen molar-refractivity contribution in [3.05, 3.63) is 108 Å². The standard InChI is InChI=1S/C28H33N3O4/c1-34-27(32)26(30-28(33)35-22-25-15-9-4-10-16-25)21-31(20-24-13-7-3-8-14-24)18-17-29-19-23-11-5-2-6-12-23/h2-16,26,29H,17-22H2,1H3,(H,30,33). The predicted octanol–water partition coefficient (Wildman–Crippen LogP) is 3.75. The van der Waals surface area contributed by atoms with Crippen LogP contribution in [0.5, 0.6) is 0 Å². The molecule has 3 aromatic carbocycles. The minimum atomic E-state index is -0.860. The number of methoxy groups -OCH3 is 1. The molecule has 2 N–H and O–H groups in total. The third kappa shape index (κ3) is 9.60. The molecule has 0 bridgehead atoms. The molecule has 35 heavy (non-hydrogen) atoms. The summed E-state index contributed by atoms with van der Waals surface area (Å²) in [6, 6.07) is 28.7. The first kappa shape index (κ1) is 25.9. The van der Waals surface area contributed by atoms with E-state index in [-0.39, 0.29) is 13.2 Å². The van der Waals surface area contributed by atoms with E-state index in [9.17, 15) is 9.59 Å². The lowest BCUT2D eigenvalue weighted by Gasteiger charge is -2.27. The Kier molecular flexibility index (Phi) is 10.8. The number of benzene rings is 3. The molecule has 0 saturated heterocycles. The van der Waals surface area contributed by atoms with Gasteiger partial charge in [0.2, 0.25) is 0 Å². The normalized spacial score (nSPS) is 11.6. The van der Waals surface area contributed by atoms with Crippen LogP contribution in [0.4, 0.5) is 4.79 Å². The van der Waals surface area contributed by atoms with Gasteiger partial charge in [0.1, 0.15) is 12.6 Å². The van der Waals surface area contributed by atoms with Gasteiger partial charge in [0, 0.05) is 32.7 Å². The molecule has 0 fully saturated rings.